The quantitative estimate of drug-likeness (QED) is 0.754. The fraction of sp³-hybridized carbons (Fsp3) is 0.368. The van der Waals surface area contributed by atoms with Crippen molar-refractivity contribution in [2.45, 2.75) is 39.7 Å². The van der Waals surface area contributed by atoms with Gasteiger partial charge in [0.25, 0.3) is 11.8 Å². The summed E-state index contributed by atoms with van der Waals surface area (Å²) >= 11 is 0. The molecule has 0 aliphatic rings. The van der Waals surface area contributed by atoms with E-state index in [4.69, 9.17) is 4.74 Å². The molecule has 0 aromatic carbocycles. The summed E-state index contributed by atoms with van der Waals surface area (Å²) < 4.78 is 30.9. The van der Waals surface area contributed by atoms with Crippen molar-refractivity contribution in [1.82, 2.24) is 15.3 Å². The van der Waals surface area contributed by atoms with E-state index in [1.54, 1.807) is 26.0 Å². The Balaban J connectivity index is 2.06. The summed E-state index contributed by atoms with van der Waals surface area (Å²) in [6.45, 7) is 4.79. The molecule has 2 heterocycles. The molecule has 150 valence electrons. The van der Waals surface area contributed by atoms with Crippen LogP contribution in [0.4, 0.5) is 14.6 Å². The highest BCUT2D eigenvalue weighted by Crippen LogP contribution is 2.21. The molecular weight excluding hydrogens is 370 g/mol. The molecule has 0 radical (unpaired) electrons. The van der Waals surface area contributed by atoms with E-state index in [-0.39, 0.29) is 23.4 Å². The fourth-order valence-electron chi connectivity index (χ4n) is 2.34. The van der Waals surface area contributed by atoms with Gasteiger partial charge in [0.15, 0.2) is 6.61 Å². The molecule has 28 heavy (non-hydrogen) atoms. The summed E-state index contributed by atoms with van der Waals surface area (Å²) in [5.41, 5.74) is 1.40. The van der Waals surface area contributed by atoms with Crippen molar-refractivity contribution in [2.24, 2.45) is 0 Å². The van der Waals surface area contributed by atoms with E-state index in [0.29, 0.717) is 11.4 Å². The first-order valence-corrected chi connectivity index (χ1v) is 8.57. The smallest absolute Gasteiger partial charge is 0.278 e. The molecule has 2 aromatic rings. The van der Waals surface area contributed by atoms with E-state index in [2.05, 4.69) is 20.6 Å². The maximum atomic E-state index is 12.9. The third kappa shape index (κ3) is 6.26. The van der Waals surface area contributed by atoms with Gasteiger partial charge in [0.05, 0.1) is 12.2 Å². The van der Waals surface area contributed by atoms with Crippen LogP contribution < -0.4 is 15.4 Å². The SMILES string of the molecule is CC(=O)Nc1cc(C(C)NC(=O)c2cc(C)c(OCC(C)(F)F)cn2)ccn1. The zero-order valence-electron chi connectivity index (χ0n) is 16.0. The average Bonchev–Trinajstić information content (AvgIpc) is 2.59. The molecule has 0 aliphatic heterocycles. The summed E-state index contributed by atoms with van der Waals surface area (Å²) in [6, 6.07) is 4.48. The Labute approximate surface area is 161 Å². The largest absolute Gasteiger partial charge is 0.485 e. The number of halogens is 2. The minimum absolute atomic E-state index is 0.135. The van der Waals surface area contributed by atoms with Crippen LogP contribution >= 0.6 is 0 Å². The predicted octanol–water partition coefficient (Wildman–Crippen LogP) is 3.27. The summed E-state index contributed by atoms with van der Waals surface area (Å²) in [4.78, 5) is 31.6. The van der Waals surface area contributed by atoms with E-state index < -0.39 is 18.4 Å². The van der Waals surface area contributed by atoms with Crippen LogP contribution in [-0.4, -0.2) is 34.3 Å². The van der Waals surface area contributed by atoms with E-state index in [0.717, 1.165) is 12.5 Å². The average molecular weight is 392 g/mol. The van der Waals surface area contributed by atoms with Crippen LogP contribution in [0.15, 0.2) is 30.6 Å². The van der Waals surface area contributed by atoms with Gasteiger partial charge in [-0.2, -0.15) is 0 Å². The van der Waals surface area contributed by atoms with Crippen LogP contribution in [0.5, 0.6) is 5.75 Å². The molecule has 0 saturated carbocycles. The van der Waals surface area contributed by atoms with Gasteiger partial charge in [-0.05, 0) is 43.2 Å². The number of carbonyl (C=O) groups excluding carboxylic acids is 2. The zero-order chi connectivity index (χ0) is 20.9. The van der Waals surface area contributed by atoms with Crippen LogP contribution in [0.1, 0.15) is 48.4 Å². The van der Waals surface area contributed by atoms with Crippen molar-refractivity contribution in [1.29, 1.82) is 0 Å². The summed E-state index contributed by atoms with van der Waals surface area (Å²) in [7, 11) is 0. The molecule has 0 fully saturated rings. The highest BCUT2D eigenvalue weighted by atomic mass is 19.3. The lowest BCUT2D eigenvalue weighted by Crippen LogP contribution is -2.27. The van der Waals surface area contributed by atoms with Crippen molar-refractivity contribution < 1.29 is 23.1 Å². The van der Waals surface area contributed by atoms with Gasteiger partial charge in [-0.25, -0.2) is 18.7 Å². The Bertz CT molecular complexity index is 868. The topological polar surface area (TPSA) is 93.2 Å². The molecule has 1 unspecified atom stereocenters. The van der Waals surface area contributed by atoms with Gasteiger partial charge in [-0.15, -0.1) is 0 Å². The van der Waals surface area contributed by atoms with Gasteiger partial charge in [-0.1, -0.05) is 0 Å². The molecule has 2 aromatic heterocycles. The minimum Gasteiger partial charge on any atom is -0.485 e. The normalized spacial score (nSPS) is 12.2. The summed E-state index contributed by atoms with van der Waals surface area (Å²) in [5, 5.41) is 5.37. The van der Waals surface area contributed by atoms with Crippen LogP contribution in [-0.2, 0) is 4.79 Å². The maximum absolute atomic E-state index is 12.9. The minimum atomic E-state index is -2.96. The van der Waals surface area contributed by atoms with Gasteiger partial charge in [0.2, 0.25) is 5.91 Å². The maximum Gasteiger partial charge on any atom is 0.278 e. The number of carbonyl (C=O) groups is 2. The van der Waals surface area contributed by atoms with Crippen molar-refractivity contribution >= 4 is 17.6 Å². The standard InChI is InChI=1S/C19H22F2N4O3/c1-11-7-15(23-9-16(11)28-10-19(4,20)21)18(27)24-12(2)14-5-6-22-17(8-14)25-13(3)26/h5-9,12H,10H2,1-4H3,(H,24,27)(H,22,25,26). The second kappa shape index (κ2) is 8.73. The molecular formula is C19H22F2N4O3. The summed E-state index contributed by atoms with van der Waals surface area (Å²) in [6.07, 6.45) is 2.78. The second-order valence-corrected chi connectivity index (χ2v) is 6.54. The number of aromatic nitrogens is 2. The molecule has 2 amide bonds. The highest BCUT2D eigenvalue weighted by molar-refractivity contribution is 5.93. The van der Waals surface area contributed by atoms with Gasteiger partial charge < -0.3 is 15.4 Å². The third-order valence-corrected chi connectivity index (χ3v) is 3.71. The third-order valence-electron chi connectivity index (χ3n) is 3.71. The first kappa shape index (κ1) is 21.2. The van der Waals surface area contributed by atoms with Crippen molar-refractivity contribution in [3.05, 3.63) is 47.4 Å². The molecule has 0 spiro atoms. The number of alkyl halides is 2. The number of nitrogens with zero attached hydrogens (tertiary/aromatic N) is 2. The second-order valence-electron chi connectivity index (χ2n) is 6.54. The van der Waals surface area contributed by atoms with Crippen molar-refractivity contribution in [3.63, 3.8) is 0 Å². The molecule has 2 rings (SSSR count). The van der Waals surface area contributed by atoms with Gasteiger partial charge in [0.1, 0.15) is 17.3 Å². The number of nitrogens with one attached hydrogen (secondary N) is 2. The lowest BCUT2D eigenvalue weighted by molar-refractivity contribution is -0.114. The molecule has 2 N–H and O–H groups in total. The van der Waals surface area contributed by atoms with Crippen LogP contribution in [0.25, 0.3) is 0 Å². The Kier molecular flexibility index (Phi) is 6.61. The van der Waals surface area contributed by atoms with Crippen LogP contribution in [0.3, 0.4) is 0 Å². The predicted molar refractivity (Wildman–Crippen MR) is 99.5 cm³/mol. The lowest BCUT2D eigenvalue weighted by atomic mass is 10.1. The molecule has 0 aliphatic carbocycles. The lowest BCUT2D eigenvalue weighted by Gasteiger charge is -2.16. The highest BCUT2D eigenvalue weighted by Gasteiger charge is 2.23. The van der Waals surface area contributed by atoms with Crippen LogP contribution in [0.2, 0.25) is 0 Å². The number of hydrogen-bond acceptors (Lipinski definition) is 5. The molecule has 1 atom stereocenters. The van der Waals surface area contributed by atoms with Gasteiger partial charge in [-0.3, -0.25) is 9.59 Å². The number of ether oxygens (including phenoxy) is 1. The number of aryl methyl sites for hydroxylation is 1. The molecule has 0 bridgehead atoms. The molecule has 7 nitrogen and oxygen atoms in total. The monoisotopic (exact) mass is 392 g/mol. The van der Waals surface area contributed by atoms with Crippen LogP contribution in [0, 0.1) is 6.92 Å². The van der Waals surface area contributed by atoms with Crippen molar-refractivity contribution in [2.75, 3.05) is 11.9 Å². The zero-order valence-corrected chi connectivity index (χ0v) is 16.0. The first-order chi connectivity index (χ1) is 13.0. The Morgan fingerprint density at radius 3 is 2.61 bits per heavy atom. The van der Waals surface area contributed by atoms with Crippen molar-refractivity contribution in [3.8, 4) is 5.75 Å². The number of hydrogen-bond donors (Lipinski definition) is 2. The summed E-state index contributed by atoms with van der Waals surface area (Å²) in [5.74, 6) is -3.06. The number of anilines is 1. The first-order valence-electron chi connectivity index (χ1n) is 8.57. The van der Waals surface area contributed by atoms with E-state index in [1.807, 2.05) is 0 Å². The number of rotatable bonds is 7. The molecule has 0 saturated heterocycles. The van der Waals surface area contributed by atoms with Gasteiger partial charge >= 0.3 is 0 Å². The van der Waals surface area contributed by atoms with E-state index in [9.17, 15) is 18.4 Å². The van der Waals surface area contributed by atoms with E-state index >= 15 is 0 Å². The fourth-order valence-corrected chi connectivity index (χ4v) is 2.34. The van der Waals surface area contributed by atoms with E-state index in [1.165, 1.54) is 25.4 Å². The Morgan fingerprint density at radius 1 is 1.29 bits per heavy atom. The van der Waals surface area contributed by atoms with Gasteiger partial charge in [0, 0.05) is 20.0 Å². The Morgan fingerprint density at radius 2 is 2.00 bits per heavy atom. The number of pyridine rings is 2. The number of amides is 2. The molecule has 9 heteroatoms. The Hall–Kier alpha value is -3.10.